The molecule has 0 aliphatic carbocycles. The van der Waals surface area contributed by atoms with E-state index in [1.54, 1.807) is 7.05 Å². The lowest BCUT2D eigenvalue weighted by molar-refractivity contribution is 0.0347. The van der Waals surface area contributed by atoms with Crippen molar-refractivity contribution in [2.45, 2.75) is 32.0 Å². The number of halogens is 2. The Hall–Kier alpha value is -1.73. The Labute approximate surface area is 135 Å². The first kappa shape index (κ1) is 17.6. The molecule has 1 aliphatic rings. The maximum absolute atomic E-state index is 13.6. The lowest BCUT2D eigenvalue weighted by Gasteiger charge is -2.19. The Morgan fingerprint density at radius 3 is 3.00 bits per heavy atom. The van der Waals surface area contributed by atoms with E-state index >= 15 is 0 Å². The van der Waals surface area contributed by atoms with Gasteiger partial charge in [0.2, 0.25) is 0 Å². The second-order valence-corrected chi connectivity index (χ2v) is 5.53. The molecule has 2 unspecified atom stereocenters. The maximum Gasteiger partial charge on any atom is 0.191 e. The van der Waals surface area contributed by atoms with Crippen molar-refractivity contribution in [3.05, 3.63) is 35.4 Å². The van der Waals surface area contributed by atoms with Gasteiger partial charge < -0.3 is 20.1 Å². The highest BCUT2D eigenvalue weighted by molar-refractivity contribution is 5.79. The monoisotopic (exact) mass is 327 g/mol. The standard InChI is InChI=1S/C16H23F2N3O2/c1-11(9-23-14-5-6-22-10-14)21-16(19-2)20-8-12-7-13(17)3-4-15(12)18/h3-4,7,11,14H,5-6,8-10H2,1-2H3,(H2,19,20,21). The van der Waals surface area contributed by atoms with E-state index in [4.69, 9.17) is 9.47 Å². The molecule has 0 saturated carbocycles. The number of nitrogens with zero attached hydrogens (tertiary/aromatic N) is 1. The van der Waals surface area contributed by atoms with Crippen LogP contribution in [0.15, 0.2) is 23.2 Å². The number of hydrogen-bond acceptors (Lipinski definition) is 3. The molecule has 1 aromatic carbocycles. The lowest BCUT2D eigenvalue weighted by Crippen LogP contribution is -2.44. The van der Waals surface area contributed by atoms with Crippen molar-refractivity contribution in [3.63, 3.8) is 0 Å². The Kier molecular flexibility index (Phi) is 6.73. The van der Waals surface area contributed by atoms with Gasteiger partial charge in [0.05, 0.1) is 19.3 Å². The summed E-state index contributed by atoms with van der Waals surface area (Å²) in [5.41, 5.74) is 0.250. The van der Waals surface area contributed by atoms with Gasteiger partial charge in [-0.15, -0.1) is 0 Å². The molecule has 1 heterocycles. The van der Waals surface area contributed by atoms with Crippen molar-refractivity contribution in [1.82, 2.24) is 10.6 Å². The van der Waals surface area contributed by atoms with Crippen LogP contribution in [0.2, 0.25) is 0 Å². The summed E-state index contributed by atoms with van der Waals surface area (Å²) >= 11 is 0. The van der Waals surface area contributed by atoms with Crippen molar-refractivity contribution in [3.8, 4) is 0 Å². The minimum atomic E-state index is -0.466. The summed E-state index contributed by atoms with van der Waals surface area (Å²) in [6.45, 7) is 4.01. The van der Waals surface area contributed by atoms with Crippen LogP contribution in [0.4, 0.5) is 8.78 Å². The van der Waals surface area contributed by atoms with Gasteiger partial charge >= 0.3 is 0 Å². The molecule has 128 valence electrons. The zero-order chi connectivity index (χ0) is 16.7. The average Bonchev–Trinajstić information content (AvgIpc) is 3.05. The molecule has 0 radical (unpaired) electrons. The van der Waals surface area contributed by atoms with E-state index in [0.29, 0.717) is 19.2 Å². The molecule has 0 spiro atoms. The van der Waals surface area contributed by atoms with E-state index in [9.17, 15) is 8.78 Å². The number of ether oxygens (including phenoxy) is 2. The van der Waals surface area contributed by atoms with Crippen LogP contribution < -0.4 is 10.6 Å². The summed E-state index contributed by atoms with van der Waals surface area (Å²) in [6.07, 6.45) is 1.06. The first-order valence-electron chi connectivity index (χ1n) is 7.69. The molecule has 2 atom stereocenters. The molecular weight excluding hydrogens is 304 g/mol. The molecule has 0 bridgehead atoms. The van der Waals surface area contributed by atoms with E-state index in [2.05, 4.69) is 15.6 Å². The van der Waals surface area contributed by atoms with Crippen molar-refractivity contribution in [1.29, 1.82) is 0 Å². The van der Waals surface area contributed by atoms with Crippen molar-refractivity contribution >= 4 is 5.96 Å². The lowest BCUT2D eigenvalue weighted by atomic mass is 10.2. The van der Waals surface area contributed by atoms with Crippen LogP contribution in [0.1, 0.15) is 18.9 Å². The fourth-order valence-electron chi connectivity index (χ4n) is 2.25. The Morgan fingerprint density at radius 1 is 1.48 bits per heavy atom. The van der Waals surface area contributed by atoms with Crippen LogP contribution in [-0.4, -0.2) is 45.0 Å². The number of hydrogen-bond donors (Lipinski definition) is 2. The van der Waals surface area contributed by atoms with Gasteiger partial charge in [-0.05, 0) is 31.5 Å². The predicted octanol–water partition coefficient (Wildman–Crippen LogP) is 1.82. The molecule has 0 aromatic heterocycles. The molecule has 1 aliphatic heterocycles. The fraction of sp³-hybridized carbons (Fsp3) is 0.562. The van der Waals surface area contributed by atoms with E-state index in [0.717, 1.165) is 25.2 Å². The fourth-order valence-corrected chi connectivity index (χ4v) is 2.25. The molecule has 23 heavy (non-hydrogen) atoms. The number of rotatable bonds is 6. The SMILES string of the molecule is CN=C(NCc1cc(F)ccc1F)NC(C)COC1CCOC1. The Bertz CT molecular complexity index is 534. The van der Waals surface area contributed by atoms with E-state index in [1.165, 1.54) is 6.07 Å². The van der Waals surface area contributed by atoms with Crippen LogP contribution in [-0.2, 0) is 16.0 Å². The molecular formula is C16H23F2N3O2. The normalized spacial score (nSPS) is 19.7. The van der Waals surface area contributed by atoms with E-state index < -0.39 is 11.6 Å². The quantitative estimate of drug-likeness (QED) is 0.618. The first-order chi connectivity index (χ1) is 11.1. The molecule has 1 saturated heterocycles. The summed E-state index contributed by atoms with van der Waals surface area (Å²) in [4.78, 5) is 4.07. The van der Waals surface area contributed by atoms with Crippen LogP contribution in [0.5, 0.6) is 0 Å². The van der Waals surface area contributed by atoms with Crippen LogP contribution in [0.3, 0.4) is 0 Å². The molecule has 2 rings (SSSR count). The summed E-state index contributed by atoms with van der Waals surface area (Å²) in [6, 6.07) is 3.40. The molecule has 7 heteroatoms. The van der Waals surface area contributed by atoms with E-state index in [1.807, 2.05) is 6.92 Å². The third-order valence-electron chi connectivity index (χ3n) is 3.53. The summed E-state index contributed by atoms with van der Waals surface area (Å²) < 4.78 is 37.7. The highest BCUT2D eigenvalue weighted by Crippen LogP contribution is 2.09. The number of benzene rings is 1. The third kappa shape index (κ3) is 5.76. The molecule has 5 nitrogen and oxygen atoms in total. The van der Waals surface area contributed by atoms with Gasteiger partial charge in [0.1, 0.15) is 11.6 Å². The highest BCUT2D eigenvalue weighted by Gasteiger charge is 2.17. The second kappa shape index (κ2) is 8.79. The summed E-state index contributed by atoms with van der Waals surface area (Å²) in [5.74, 6) is -0.411. The Balaban J connectivity index is 1.77. The van der Waals surface area contributed by atoms with Gasteiger partial charge in [0, 0.05) is 31.8 Å². The van der Waals surface area contributed by atoms with Crippen molar-refractivity contribution < 1.29 is 18.3 Å². The Morgan fingerprint density at radius 2 is 2.30 bits per heavy atom. The number of nitrogens with one attached hydrogen (secondary N) is 2. The first-order valence-corrected chi connectivity index (χ1v) is 7.69. The van der Waals surface area contributed by atoms with Gasteiger partial charge in [0.15, 0.2) is 5.96 Å². The zero-order valence-electron chi connectivity index (χ0n) is 13.4. The van der Waals surface area contributed by atoms with Gasteiger partial charge in [-0.2, -0.15) is 0 Å². The van der Waals surface area contributed by atoms with Gasteiger partial charge in [-0.25, -0.2) is 8.78 Å². The molecule has 1 aromatic rings. The van der Waals surface area contributed by atoms with Gasteiger partial charge in [0.25, 0.3) is 0 Å². The average molecular weight is 327 g/mol. The second-order valence-electron chi connectivity index (χ2n) is 5.53. The zero-order valence-corrected chi connectivity index (χ0v) is 13.4. The van der Waals surface area contributed by atoms with Crippen LogP contribution >= 0.6 is 0 Å². The number of guanidine groups is 1. The van der Waals surface area contributed by atoms with Crippen molar-refractivity contribution in [2.24, 2.45) is 4.99 Å². The molecule has 2 N–H and O–H groups in total. The largest absolute Gasteiger partial charge is 0.379 e. The summed E-state index contributed by atoms with van der Waals surface area (Å²) in [7, 11) is 1.62. The van der Waals surface area contributed by atoms with Crippen LogP contribution in [0, 0.1) is 11.6 Å². The number of aliphatic imine (C=N–C) groups is 1. The maximum atomic E-state index is 13.6. The minimum absolute atomic E-state index is 0.0270. The minimum Gasteiger partial charge on any atom is -0.379 e. The smallest absolute Gasteiger partial charge is 0.191 e. The molecule has 1 fully saturated rings. The predicted molar refractivity (Wildman–Crippen MR) is 84.3 cm³/mol. The topological polar surface area (TPSA) is 54.9 Å². The van der Waals surface area contributed by atoms with E-state index in [-0.39, 0.29) is 24.3 Å². The van der Waals surface area contributed by atoms with Gasteiger partial charge in [-0.3, -0.25) is 4.99 Å². The molecule has 0 amide bonds. The third-order valence-corrected chi connectivity index (χ3v) is 3.53. The van der Waals surface area contributed by atoms with Gasteiger partial charge in [-0.1, -0.05) is 0 Å². The highest BCUT2D eigenvalue weighted by atomic mass is 19.1. The summed E-state index contributed by atoms with van der Waals surface area (Å²) in [5, 5.41) is 6.12. The van der Waals surface area contributed by atoms with Crippen LogP contribution in [0.25, 0.3) is 0 Å². The van der Waals surface area contributed by atoms with Crippen molar-refractivity contribution in [2.75, 3.05) is 26.9 Å².